The number of fused-ring (bicyclic) bond motifs is 1. The third kappa shape index (κ3) is 4.82. The second-order valence-electron chi connectivity index (χ2n) is 8.13. The first kappa shape index (κ1) is 23.1. The minimum absolute atomic E-state index is 0.0369. The van der Waals surface area contributed by atoms with Crippen LogP contribution in [0, 0.1) is 6.57 Å². The van der Waals surface area contributed by atoms with Gasteiger partial charge in [-0.3, -0.25) is 4.98 Å². The van der Waals surface area contributed by atoms with Crippen LogP contribution in [0.4, 0.5) is 17.1 Å². The maximum atomic E-state index is 9.48. The average molecular weight is 457 g/mol. The largest absolute Gasteiger partial charge is 0.493 e. The molecule has 1 aromatic heterocycles. The van der Waals surface area contributed by atoms with Crippen LogP contribution in [-0.4, -0.2) is 41.3 Å². The first-order valence-electron chi connectivity index (χ1n) is 11.1. The van der Waals surface area contributed by atoms with E-state index in [9.17, 15) is 5.11 Å². The van der Waals surface area contributed by atoms with Gasteiger partial charge in [0.15, 0.2) is 11.5 Å². The highest BCUT2D eigenvalue weighted by Crippen LogP contribution is 2.41. The third-order valence-electron chi connectivity index (χ3n) is 6.01. The Bertz CT molecular complexity index is 1260. The van der Waals surface area contributed by atoms with Crippen molar-refractivity contribution >= 4 is 28.0 Å². The molecule has 1 saturated heterocycles. The summed E-state index contributed by atoms with van der Waals surface area (Å²) in [6.45, 7) is 17.1. The van der Waals surface area contributed by atoms with Crippen LogP contribution in [0.3, 0.4) is 0 Å². The summed E-state index contributed by atoms with van der Waals surface area (Å²) in [5, 5.41) is 13.6. The van der Waals surface area contributed by atoms with Gasteiger partial charge in [0, 0.05) is 55.0 Å². The molecule has 7 heteroatoms. The molecule has 0 amide bonds. The van der Waals surface area contributed by atoms with Gasteiger partial charge in [0.25, 0.3) is 0 Å². The van der Waals surface area contributed by atoms with Crippen molar-refractivity contribution in [3.05, 3.63) is 84.5 Å². The summed E-state index contributed by atoms with van der Waals surface area (Å²) >= 11 is 0. The lowest BCUT2D eigenvalue weighted by Crippen LogP contribution is -2.37. The Kier molecular flexibility index (Phi) is 7.00. The lowest BCUT2D eigenvalue weighted by molar-refractivity contribution is 0.116. The van der Waals surface area contributed by atoms with Crippen molar-refractivity contribution in [2.24, 2.45) is 0 Å². The molecular formula is C27H28N4O3. The van der Waals surface area contributed by atoms with Crippen LogP contribution in [0.25, 0.3) is 15.7 Å². The monoisotopic (exact) mass is 456 g/mol. The second-order valence-corrected chi connectivity index (χ2v) is 8.13. The van der Waals surface area contributed by atoms with Gasteiger partial charge in [-0.25, -0.2) is 4.85 Å². The lowest BCUT2D eigenvalue weighted by Gasteiger charge is -2.34. The highest BCUT2D eigenvalue weighted by molar-refractivity contribution is 6.01. The third-order valence-corrected chi connectivity index (χ3v) is 6.01. The van der Waals surface area contributed by atoms with E-state index in [0.29, 0.717) is 28.4 Å². The molecule has 0 unspecified atom stereocenters. The summed E-state index contributed by atoms with van der Waals surface area (Å²) < 4.78 is 12.0. The zero-order chi connectivity index (χ0) is 24.1. The molecule has 1 aliphatic rings. The number of piperidine rings is 1. The van der Waals surface area contributed by atoms with Gasteiger partial charge in [0.1, 0.15) is 6.10 Å². The molecule has 1 aliphatic heterocycles. The van der Waals surface area contributed by atoms with E-state index in [4.69, 9.17) is 16.0 Å². The first-order valence-corrected chi connectivity index (χ1v) is 11.1. The fraction of sp³-hybridized carbons (Fsp3) is 0.259. The first-order chi connectivity index (χ1) is 16.6. The number of pyridine rings is 1. The maximum Gasteiger partial charge on any atom is 0.228 e. The molecule has 0 spiro atoms. The van der Waals surface area contributed by atoms with Gasteiger partial charge >= 0.3 is 0 Å². The van der Waals surface area contributed by atoms with Crippen molar-refractivity contribution in [1.82, 2.24) is 9.88 Å². The number of allylic oxidation sites excluding steroid dienone is 1. The highest BCUT2D eigenvalue weighted by Gasteiger charge is 2.23. The zero-order valence-corrected chi connectivity index (χ0v) is 19.3. The summed E-state index contributed by atoms with van der Waals surface area (Å²) in [4.78, 5) is 10.3. The van der Waals surface area contributed by atoms with E-state index >= 15 is 0 Å². The van der Waals surface area contributed by atoms with Crippen LogP contribution in [-0.2, 0) is 6.61 Å². The van der Waals surface area contributed by atoms with Crippen molar-refractivity contribution in [1.29, 1.82) is 0 Å². The SMILES string of the molecule is [C-]#[N+]c1cnc2cc(OC)c(OC3CCN(C(=C)C=C)CC3)cc2c1Nc1cccc(CO)c1. The van der Waals surface area contributed by atoms with Crippen LogP contribution < -0.4 is 14.8 Å². The van der Waals surface area contributed by atoms with Gasteiger partial charge in [-0.15, -0.1) is 0 Å². The number of ether oxygens (including phenoxy) is 2. The summed E-state index contributed by atoms with van der Waals surface area (Å²) in [6, 6.07) is 11.2. The Labute approximate surface area is 199 Å². The molecule has 2 heterocycles. The van der Waals surface area contributed by atoms with Crippen molar-refractivity contribution in [3.63, 3.8) is 0 Å². The summed E-state index contributed by atoms with van der Waals surface area (Å²) in [5.41, 5.74) is 4.21. The molecule has 34 heavy (non-hydrogen) atoms. The molecule has 4 rings (SSSR count). The predicted octanol–water partition coefficient (Wildman–Crippen LogP) is 5.57. The van der Waals surface area contributed by atoms with E-state index in [1.807, 2.05) is 36.4 Å². The quantitative estimate of drug-likeness (QED) is 0.341. The van der Waals surface area contributed by atoms with Crippen molar-refractivity contribution in [2.75, 3.05) is 25.5 Å². The highest BCUT2D eigenvalue weighted by atomic mass is 16.5. The fourth-order valence-electron chi connectivity index (χ4n) is 4.12. The minimum Gasteiger partial charge on any atom is -0.493 e. The van der Waals surface area contributed by atoms with Gasteiger partial charge in [-0.1, -0.05) is 25.3 Å². The van der Waals surface area contributed by atoms with E-state index in [-0.39, 0.29) is 12.7 Å². The van der Waals surface area contributed by atoms with Gasteiger partial charge in [0.2, 0.25) is 5.69 Å². The van der Waals surface area contributed by atoms with Crippen LogP contribution in [0.2, 0.25) is 0 Å². The maximum absolute atomic E-state index is 9.48. The van der Waals surface area contributed by atoms with Crippen molar-refractivity contribution in [3.8, 4) is 11.5 Å². The Balaban J connectivity index is 1.68. The molecule has 0 bridgehead atoms. The van der Waals surface area contributed by atoms with Gasteiger partial charge in [-0.2, -0.15) is 0 Å². The summed E-state index contributed by atoms with van der Waals surface area (Å²) in [7, 11) is 1.61. The molecular weight excluding hydrogens is 428 g/mol. The van der Waals surface area contributed by atoms with Crippen LogP contribution in [0.15, 0.2) is 67.5 Å². The van der Waals surface area contributed by atoms with Gasteiger partial charge in [-0.05, 0) is 29.8 Å². The normalized spacial score (nSPS) is 13.9. The molecule has 1 fully saturated rings. The lowest BCUT2D eigenvalue weighted by atomic mass is 10.1. The number of nitrogens with zero attached hydrogens (tertiary/aromatic N) is 3. The molecule has 7 nitrogen and oxygen atoms in total. The van der Waals surface area contributed by atoms with Crippen LogP contribution in [0.5, 0.6) is 11.5 Å². The number of hydrogen-bond acceptors (Lipinski definition) is 6. The summed E-state index contributed by atoms with van der Waals surface area (Å²) in [6.07, 6.45) is 5.08. The Morgan fingerprint density at radius 3 is 2.76 bits per heavy atom. The van der Waals surface area contributed by atoms with E-state index < -0.39 is 0 Å². The molecule has 0 saturated carbocycles. The van der Waals surface area contributed by atoms with E-state index in [1.165, 1.54) is 0 Å². The van der Waals surface area contributed by atoms with Crippen LogP contribution >= 0.6 is 0 Å². The molecule has 0 atom stereocenters. The predicted molar refractivity (Wildman–Crippen MR) is 135 cm³/mol. The molecule has 0 aliphatic carbocycles. The van der Waals surface area contributed by atoms with E-state index in [0.717, 1.165) is 48.3 Å². The Morgan fingerprint density at radius 1 is 1.29 bits per heavy atom. The number of aliphatic hydroxyl groups is 1. The number of aliphatic hydroxyl groups excluding tert-OH is 1. The molecule has 2 aromatic carbocycles. The second kappa shape index (κ2) is 10.3. The molecule has 0 radical (unpaired) electrons. The number of methoxy groups -OCH3 is 1. The van der Waals surface area contributed by atoms with Crippen molar-refractivity contribution in [2.45, 2.75) is 25.6 Å². The number of rotatable bonds is 8. The average Bonchev–Trinajstić information content (AvgIpc) is 2.88. The fourth-order valence-corrected chi connectivity index (χ4v) is 4.12. The molecule has 174 valence electrons. The van der Waals surface area contributed by atoms with Crippen molar-refractivity contribution < 1.29 is 14.6 Å². The smallest absolute Gasteiger partial charge is 0.228 e. The summed E-state index contributed by atoms with van der Waals surface area (Å²) in [5.74, 6) is 1.22. The number of benzene rings is 2. The Morgan fingerprint density at radius 2 is 2.09 bits per heavy atom. The minimum atomic E-state index is -0.0591. The number of likely N-dealkylation sites (tertiary alicyclic amines) is 1. The Hall–Kier alpha value is -4.02. The van der Waals surface area contributed by atoms with Gasteiger partial charge < -0.3 is 24.8 Å². The number of hydrogen-bond donors (Lipinski definition) is 2. The molecule has 2 N–H and O–H groups in total. The zero-order valence-electron chi connectivity index (χ0n) is 19.3. The van der Waals surface area contributed by atoms with E-state index in [1.54, 1.807) is 19.4 Å². The number of anilines is 2. The van der Waals surface area contributed by atoms with Crippen LogP contribution in [0.1, 0.15) is 18.4 Å². The van der Waals surface area contributed by atoms with E-state index in [2.05, 4.69) is 33.2 Å². The molecule has 3 aromatic rings. The number of nitrogens with one attached hydrogen (secondary N) is 1. The topological polar surface area (TPSA) is 71.2 Å². The standard InChI is InChI=1S/C27H28N4O3/c1-5-18(2)31-11-9-21(10-12-31)34-26-14-22-23(15-25(26)33-4)29-16-24(28-3)27(22)30-20-8-6-7-19(13-20)17-32/h5-8,13-16,21,32H,1-2,9-12,17H2,4H3,(H,29,30). The number of aromatic nitrogens is 1. The van der Waals surface area contributed by atoms with Gasteiger partial charge in [0.05, 0.1) is 31.5 Å².